The van der Waals surface area contributed by atoms with Crippen molar-refractivity contribution in [3.8, 4) is 0 Å². The molecule has 9 heteroatoms. The predicted molar refractivity (Wildman–Crippen MR) is 110 cm³/mol. The molecule has 0 saturated carbocycles. The number of carbonyl (C=O) groups excluding carboxylic acids is 4. The van der Waals surface area contributed by atoms with Crippen LogP contribution in [0.1, 0.15) is 36.2 Å². The fourth-order valence-electron chi connectivity index (χ4n) is 3.90. The average molecular weight is 425 g/mol. The molecule has 3 amide bonds. The standard InChI is InChI=1S/C22H23N3O6/c26-19(23-15-5-1-6-16(13-15)24-10-3-9-20(24)27)14-31-22(29)17-7-2-11-25(17)21(28)18-8-4-12-30-18/h1,4-6,8,12-13,17H,2-3,7,9-11,14H2,(H,23,26)/t17-/m0/s1. The second kappa shape index (κ2) is 9.03. The van der Waals surface area contributed by atoms with Gasteiger partial charge in [0.1, 0.15) is 6.04 Å². The number of esters is 1. The lowest BCUT2D eigenvalue weighted by Gasteiger charge is -2.22. The molecule has 4 rings (SSSR count). The minimum Gasteiger partial charge on any atom is -0.459 e. The molecule has 0 aliphatic carbocycles. The molecule has 0 bridgehead atoms. The lowest BCUT2D eigenvalue weighted by Crippen LogP contribution is -2.42. The Morgan fingerprint density at radius 2 is 2.00 bits per heavy atom. The molecule has 2 fully saturated rings. The van der Waals surface area contributed by atoms with Crippen LogP contribution in [0.3, 0.4) is 0 Å². The molecule has 0 radical (unpaired) electrons. The van der Waals surface area contributed by atoms with Gasteiger partial charge in [0.15, 0.2) is 12.4 Å². The first-order valence-electron chi connectivity index (χ1n) is 10.2. The maximum absolute atomic E-state index is 12.5. The largest absolute Gasteiger partial charge is 0.459 e. The number of hydrogen-bond acceptors (Lipinski definition) is 6. The summed E-state index contributed by atoms with van der Waals surface area (Å²) < 4.78 is 10.3. The summed E-state index contributed by atoms with van der Waals surface area (Å²) in [5.41, 5.74) is 1.23. The van der Waals surface area contributed by atoms with Crippen LogP contribution in [0, 0.1) is 0 Å². The second-order valence-electron chi connectivity index (χ2n) is 7.49. The zero-order valence-electron chi connectivity index (χ0n) is 16.9. The number of hydrogen-bond donors (Lipinski definition) is 1. The van der Waals surface area contributed by atoms with Gasteiger partial charge in [0, 0.05) is 30.9 Å². The molecule has 1 aromatic heterocycles. The van der Waals surface area contributed by atoms with Crippen LogP contribution in [0.25, 0.3) is 0 Å². The number of nitrogens with one attached hydrogen (secondary N) is 1. The van der Waals surface area contributed by atoms with Gasteiger partial charge in [0.2, 0.25) is 5.91 Å². The Morgan fingerprint density at radius 1 is 1.13 bits per heavy atom. The molecule has 162 valence electrons. The van der Waals surface area contributed by atoms with E-state index in [9.17, 15) is 19.2 Å². The van der Waals surface area contributed by atoms with E-state index in [-0.39, 0.29) is 17.6 Å². The molecular weight excluding hydrogens is 402 g/mol. The summed E-state index contributed by atoms with van der Waals surface area (Å²) in [5, 5.41) is 2.67. The van der Waals surface area contributed by atoms with Crippen molar-refractivity contribution >= 4 is 35.1 Å². The van der Waals surface area contributed by atoms with Crippen LogP contribution < -0.4 is 10.2 Å². The van der Waals surface area contributed by atoms with E-state index in [1.54, 1.807) is 35.2 Å². The summed E-state index contributed by atoms with van der Waals surface area (Å²) >= 11 is 0. The Morgan fingerprint density at radius 3 is 2.74 bits per heavy atom. The van der Waals surface area contributed by atoms with Crippen molar-refractivity contribution in [2.45, 2.75) is 31.7 Å². The van der Waals surface area contributed by atoms with Gasteiger partial charge < -0.3 is 24.3 Å². The first-order valence-corrected chi connectivity index (χ1v) is 10.2. The zero-order chi connectivity index (χ0) is 21.8. The third-order valence-corrected chi connectivity index (χ3v) is 5.38. The van der Waals surface area contributed by atoms with Gasteiger partial charge in [-0.1, -0.05) is 6.07 Å². The van der Waals surface area contributed by atoms with E-state index in [1.807, 2.05) is 6.07 Å². The van der Waals surface area contributed by atoms with Gasteiger partial charge in [-0.2, -0.15) is 0 Å². The molecule has 3 heterocycles. The van der Waals surface area contributed by atoms with E-state index in [4.69, 9.17) is 9.15 Å². The zero-order valence-corrected chi connectivity index (χ0v) is 16.9. The van der Waals surface area contributed by atoms with E-state index < -0.39 is 24.5 Å². The Kier molecular flexibility index (Phi) is 6.01. The van der Waals surface area contributed by atoms with Crippen LogP contribution in [0.4, 0.5) is 11.4 Å². The highest BCUT2D eigenvalue weighted by molar-refractivity contribution is 5.98. The van der Waals surface area contributed by atoms with Gasteiger partial charge in [-0.05, 0) is 49.6 Å². The first kappa shape index (κ1) is 20.6. The van der Waals surface area contributed by atoms with Crippen LogP contribution in [0.2, 0.25) is 0 Å². The maximum Gasteiger partial charge on any atom is 0.329 e. The number of carbonyl (C=O) groups is 4. The van der Waals surface area contributed by atoms with Crippen molar-refractivity contribution < 1.29 is 28.3 Å². The summed E-state index contributed by atoms with van der Waals surface area (Å²) in [4.78, 5) is 52.2. The number of furan rings is 1. The SMILES string of the molecule is O=C(COC(=O)[C@@H]1CCCN1C(=O)c1ccco1)Nc1cccc(N2CCCC2=O)c1. The Labute approximate surface area is 178 Å². The Hall–Kier alpha value is -3.62. The van der Waals surface area contributed by atoms with Crippen LogP contribution in [-0.2, 0) is 19.1 Å². The molecule has 2 aromatic rings. The van der Waals surface area contributed by atoms with Crippen molar-refractivity contribution in [2.24, 2.45) is 0 Å². The number of anilines is 2. The number of rotatable bonds is 6. The van der Waals surface area contributed by atoms with Gasteiger partial charge in [-0.25, -0.2) is 4.79 Å². The fourth-order valence-corrected chi connectivity index (χ4v) is 3.90. The van der Waals surface area contributed by atoms with Crippen molar-refractivity contribution in [3.05, 3.63) is 48.4 Å². The number of ether oxygens (including phenoxy) is 1. The number of amides is 3. The molecule has 0 unspecified atom stereocenters. The molecule has 1 aromatic carbocycles. The lowest BCUT2D eigenvalue weighted by molar-refractivity contribution is -0.151. The van der Waals surface area contributed by atoms with Crippen molar-refractivity contribution in [2.75, 3.05) is 29.9 Å². The summed E-state index contributed by atoms with van der Waals surface area (Å²) in [5.74, 6) is -1.28. The van der Waals surface area contributed by atoms with Crippen LogP contribution in [-0.4, -0.2) is 54.3 Å². The monoisotopic (exact) mass is 425 g/mol. The molecule has 2 aliphatic rings. The van der Waals surface area contributed by atoms with Crippen molar-refractivity contribution in [3.63, 3.8) is 0 Å². The minimum atomic E-state index is -0.741. The maximum atomic E-state index is 12.5. The molecule has 2 aliphatic heterocycles. The minimum absolute atomic E-state index is 0.0580. The first-order chi connectivity index (χ1) is 15.0. The smallest absolute Gasteiger partial charge is 0.329 e. The van der Waals surface area contributed by atoms with E-state index in [0.29, 0.717) is 38.0 Å². The molecule has 9 nitrogen and oxygen atoms in total. The van der Waals surface area contributed by atoms with E-state index in [2.05, 4.69) is 5.32 Å². The molecule has 1 N–H and O–H groups in total. The molecular formula is C22H23N3O6. The topological polar surface area (TPSA) is 109 Å². The van der Waals surface area contributed by atoms with Crippen molar-refractivity contribution in [1.29, 1.82) is 0 Å². The van der Waals surface area contributed by atoms with Gasteiger partial charge in [0.05, 0.1) is 6.26 Å². The summed E-state index contributed by atoms with van der Waals surface area (Å²) in [6.07, 6.45) is 3.87. The van der Waals surface area contributed by atoms with Gasteiger partial charge in [0.25, 0.3) is 11.8 Å². The highest BCUT2D eigenvalue weighted by atomic mass is 16.5. The van der Waals surface area contributed by atoms with E-state index in [0.717, 1.165) is 12.1 Å². The number of nitrogens with zero attached hydrogens (tertiary/aromatic N) is 2. The quantitative estimate of drug-likeness (QED) is 0.711. The van der Waals surface area contributed by atoms with E-state index in [1.165, 1.54) is 11.2 Å². The Balaban J connectivity index is 1.31. The molecule has 1 atom stereocenters. The average Bonchev–Trinajstić information content (AvgIpc) is 3.53. The van der Waals surface area contributed by atoms with Gasteiger partial charge in [-0.15, -0.1) is 0 Å². The predicted octanol–water partition coefficient (Wildman–Crippen LogP) is 2.19. The molecule has 2 saturated heterocycles. The third kappa shape index (κ3) is 4.60. The summed E-state index contributed by atoms with van der Waals surface area (Å²) in [7, 11) is 0. The number of likely N-dealkylation sites (tertiary alicyclic amines) is 1. The van der Waals surface area contributed by atoms with Gasteiger partial charge in [-0.3, -0.25) is 14.4 Å². The number of benzene rings is 1. The van der Waals surface area contributed by atoms with Crippen molar-refractivity contribution in [1.82, 2.24) is 4.90 Å². The summed E-state index contributed by atoms with van der Waals surface area (Å²) in [6.45, 7) is 0.612. The second-order valence-corrected chi connectivity index (χ2v) is 7.49. The fraction of sp³-hybridized carbons (Fsp3) is 0.364. The normalized spacial score (nSPS) is 18.3. The lowest BCUT2D eigenvalue weighted by atomic mass is 10.2. The van der Waals surface area contributed by atoms with Crippen LogP contribution in [0.15, 0.2) is 47.1 Å². The van der Waals surface area contributed by atoms with Crippen LogP contribution >= 0.6 is 0 Å². The molecule has 0 spiro atoms. The van der Waals surface area contributed by atoms with E-state index >= 15 is 0 Å². The van der Waals surface area contributed by atoms with Crippen LogP contribution in [0.5, 0.6) is 0 Å². The highest BCUT2D eigenvalue weighted by Crippen LogP contribution is 2.24. The Bertz CT molecular complexity index is 987. The summed E-state index contributed by atoms with van der Waals surface area (Å²) in [6, 6.07) is 9.38. The highest BCUT2D eigenvalue weighted by Gasteiger charge is 2.36. The molecule has 31 heavy (non-hydrogen) atoms. The van der Waals surface area contributed by atoms with Gasteiger partial charge >= 0.3 is 5.97 Å². The third-order valence-electron chi connectivity index (χ3n) is 5.38.